The van der Waals surface area contributed by atoms with Crippen molar-refractivity contribution in [3.05, 3.63) is 59.7 Å². The van der Waals surface area contributed by atoms with Gasteiger partial charge < -0.3 is 15.2 Å². The van der Waals surface area contributed by atoms with Gasteiger partial charge in [0.1, 0.15) is 18.8 Å². The highest BCUT2D eigenvalue weighted by Gasteiger charge is 2.14. The lowest BCUT2D eigenvalue weighted by molar-refractivity contribution is -0.141. The molecule has 0 aromatic heterocycles. The number of hydrogen-bond donors (Lipinski definition) is 1. The van der Waals surface area contributed by atoms with E-state index in [1.807, 2.05) is 30.3 Å². The second-order valence-electron chi connectivity index (χ2n) is 4.93. The van der Waals surface area contributed by atoms with Gasteiger partial charge in [-0.15, -0.1) is 0 Å². The van der Waals surface area contributed by atoms with Crippen LogP contribution in [0.15, 0.2) is 48.5 Å². The number of rotatable bonds is 7. The second-order valence-corrected chi connectivity index (χ2v) is 4.93. The van der Waals surface area contributed by atoms with Crippen LogP contribution in [-0.4, -0.2) is 18.4 Å². The first-order chi connectivity index (χ1) is 11.1. The Kier molecular flexibility index (Phi) is 5.74. The SMILES string of the molecule is CCOC(=O)CC(=O)c1ccc(OCc2ccccc2)c(N)c1. The molecule has 0 unspecified atom stereocenters. The Labute approximate surface area is 135 Å². The predicted octanol–water partition coefficient (Wildman–Crippen LogP) is 2.98. The summed E-state index contributed by atoms with van der Waals surface area (Å²) in [5, 5.41) is 0. The maximum absolute atomic E-state index is 12.0. The normalized spacial score (nSPS) is 10.1. The number of esters is 1. The van der Waals surface area contributed by atoms with E-state index < -0.39 is 5.97 Å². The van der Waals surface area contributed by atoms with Crippen molar-refractivity contribution in [1.82, 2.24) is 0 Å². The number of ketones is 1. The highest BCUT2D eigenvalue weighted by atomic mass is 16.5. The molecule has 2 aromatic rings. The van der Waals surface area contributed by atoms with E-state index in [2.05, 4.69) is 0 Å². The van der Waals surface area contributed by atoms with Crippen LogP contribution in [0.5, 0.6) is 5.75 Å². The van der Waals surface area contributed by atoms with Crippen LogP contribution in [0.3, 0.4) is 0 Å². The van der Waals surface area contributed by atoms with Crippen LogP contribution in [0.1, 0.15) is 29.3 Å². The summed E-state index contributed by atoms with van der Waals surface area (Å²) in [5.41, 5.74) is 7.66. The third-order valence-electron chi connectivity index (χ3n) is 3.18. The summed E-state index contributed by atoms with van der Waals surface area (Å²) < 4.78 is 10.4. The number of benzene rings is 2. The maximum Gasteiger partial charge on any atom is 0.313 e. The van der Waals surface area contributed by atoms with Gasteiger partial charge in [-0.3, -0.25) is 9.59 Å². The predicted molar refractivity (Wildman–Crippen MR) is 87.2 cm³/mol. The average Bonchev–Trinajstić information content (AvgIpc) is 2.54. The van der Waals surface area contributed by atoms with E-state index in [1.54, 1.807) is 19.1 Å². The molecule has 0 bridgehead atoms. The number of ether oxygens (including phenoxy) is 2. The molecule has 0 atom stereocenters. The first kappa shape index (κ1) is 16.5. The Morgan fingerprint density at radius 1 is 1.09 bits per heavy atom. The van der Waals surface area contributed by atoms with Gasteiger partial charge in [-0.1, -0.05) is 30.3 Å². The van der Waals surface area contributed by atoms with Gasteiger partial charge in [-0.2, -0.15) is 0 Å². The largest absolute Gasteiger partial charge is 0.487 e. The Balaban J connectivity index is 2.00. The Morgan fingerprint density at radius 3 is 2.48 bits per heavy atom. The lowest BCUT2D eigenvalue weighted by Crippen LogP contribution is -2.11. The molecule has 2 rings (SSSR count). The van der Waals surface area contributed by atoms with Crippen molar-refractivity contribution >= 4 is 17.4 Å². The Hall–Kier alpha value is -2.82. The van der Waals surface area contributed by atoms with Crippen molar-refractivity contribution < 1.29 is 19.1 Å². The van der Waals surface area contributed by atoms with Crippen LogP contribution in [0.25, 0.3) is 0 Å². The van der Waals surface area contributed by atoms with Crippen molar-refractivity contribution in [2.24, 2.45) is 0 Å². The molecular weight excluding hydrogens is 294 g/mol. The Morgan fingerprint density at radius 2 is 1.83 bits per heavy atom. The molecule has 5 heteroatoms. The molecule has 0 heterocycles. The number of nitrogen functional groups attached to an aromatic ring is 1. The maximum atomic E-state index is 12.0. The van der Waals surface area contributed by atoms with Crippen molar-refractivity contribution in [1.29, 1.82) is 0 Å². The minimum absolute atomic E-state index is 0.251. The van der Waals surface area contributed by atoms with Crippen molar-refractivity contribution in [2.45, 2.75) is 20.0 Å². The summed E-state index contributed by atoms with van der Waals surface area (Å²) in [6.45, 7) is 2.33. The summed E-state index contributed by atoms with van der Waals surface area (Å²) >= 11 is 0. The van der Waals surface area contributed by atoms with Crippen LogP contribution in [0.4, 0.5) is 5.69 Å². The quantitative estimate of drug-likeness (QED) is 0.368. The van der Waals surface area contributed by atoms with Gasteiger partial charge in [-0.25, -0.2) is 0 Å². The number of nitrogens with two attached hydrogens (primary N) is 1. The molecule has 0 aliphatic heterocycles. The summed E-state index contributed by atoms with van der Waals surface area (Å²) in [6, 6.07) is 14.4. The zero-order valence-electron chi connectivity index (χ0n) is 13.0. The number of Topliss-reactive ketones (excluding diaryl/α,β-unsaturated/α-hetero) is 1. The number of carbonyl (C=O) groups is 2. The van der Waals surface area contributed by atoms with Gasteiger partial charge in [0, 0.05) is 5.56 Å². The van der Waals surface area contributed by atoms with Gasteiger partial charge in [0.2, 0.25) is 0 Å². The van der Waals surface area contributed by atoms with Crippen molar-refractivity contribution in [3.8, 4) is 5.75 Å². The third-order valence-corrected chi connectivity index (χ3v) is 3.18. The summed E-state index contributed by atoms with van der Waals surface area (Å²) in [5.74, 6) is -0.369. The van der Waals surface area contributed by atoms with E-state index in [1.165, 1.54) is 6.07 Å². The van der Waals surface area contributed by atoms with E-state index in [0.29, 0.717) is 23.6 Å². The molecule has 5 nitrogen and oxygen atoms in total. The zero-order chi connectivity index (χ0) is 16.7. The van der Waals surface area contributed by atoms with Crippen LogP contribution >= 0.6 is 0 Å². The molecule has 0 radical (unpaired) electrons. The van der Waals surface area contributed by atoms with Gasteiger partial charge in [0.15, 0.2) is 5.78 Å². The minimum atomic E-state index is -0.541. The van der Waals surface area contributed by atoms with E-state index in [4.69, 9.17) is 15.2 Å². The molecule has 120 valence electrons. The molecule has 2 N–H and O–H groups in total. The lowest BCUT2D eigenvalue weighted by atomic mass is 10.1. The highest BCUT2D eigenvalue weighted by Crippen LogP contribution is 2.24. The lowest BCUT2D eigenvalue weighted by Gasteiger charge is -2.10. The fourth-order valence-electron chi connectivity index (χ4n) is 2.03. The van der Waals surface area contributed by atoms with Crippen LogP contribution in [-0.2, 0) is 16.1 Å². The molecular formula is C18H19NO4. The summed E-state index contributed by atoms with van der Waals surface area (Å²) in [4.78, 5) is 23.3. The monoisotopic (exact) mass is 313 g/mol. The topological polar surface area (TPSA) is 78.6 Å². The van der Waals surface area contributed by atoms with Gasteiger partial charge in [0.05, 0.1) is 12.3 Å². The molecule has 0 amide bonds. The standard InChI is InChI=1S/C18H19NO4/c1-2-22-18(21)11-16(20)14-8-9-17(15(19)10-14)23-12-13-6-4-3-5-7-13/h3-10H,2,11-12,19H2,1H3. The molecule has 0 aliphatic carbocycles. The average molecular weight is 313 g/mol. The minimum Gasteiger partial charge on any atom is -0.487 e. The van der Waals surface area contributed by atoms with E-state index in [9.17, 15) is 9.59 Å². The third kappa shape index (κ3) is 4.85. The zero-order valence-corrected chi connectivity index (χ0v) is 13.0. The van der Waals surface area contributed by atoms with Gasteiger partial charge in [0.25, 0.3) is 0 Å². The molecule has 0 spiro atoms. The van der Waals surface area contributed by atoms with Crippen LogP contribution < -0.4 is 10.5 Å². The fourth-order valence-corrected chi connectivity index (χ4v) is 2.03. The Bertz CT molecular complexity index is 683. The molecule has 0 aliphatic rings. The van der Waals surface area contributed by atoms with E-state index in [-0.39, 0.29) is 18.8 Å². The van der Waals surface area contributed by atoms with Gasteiger partial charge >= 0.3 is 5.97 Å². The molecule has 23 heavy (non-hydrogen) atoms. The first-order valence-electron chi connectivity index (χ1n) is 7.35. The van der Waals surface area contributed by atoms with E-state index in [0.717, 1.165) is 5.56 Å². The number of hydrogen-bond acceptors (Lipinski definition) is 5. The molecule has 0 saturated heterocycles. The number of anilines is 1. The number of carbonyl (C=O) groups excluding carboxylic acids is 2. The summed E-state index contributed by atoms with van der Waals surface area (Å²) in [6.07, 6.45) is -0.294. The second kappa shape index (κ2) is 7.98. The summed E-state index contributed by atoms with van der Waals surface area (Å²) in [7, 11) is 0. The smallest absolute Gasteiger partial charge is 0.313 e. The van der Waals surface area contributed by atoms with Crippen molar-refractivity contribution in [2.75, 3.05) is 12.3 Å². The van der Waals surface area contributed by atoms with Crippen molar-refractivity contribution in [3.63, 3.8) is 0 Å². The van der Waals surface area contributed by atoms with Crippen LogP contribution in [0, 0.1) is 0 Å². The fraction of sp³-hybridized carbons (Fsp3) is 0.222. The van der Waals surface area contributed by atoms with Gasteiger partial charge in [-0.05, 0) is 30.7 Å². The first-order valence-corrected chi connectivity index (χ1v) is 7.35. The van der Waals surface area contributed by atoms with E-state index >= 15 is 0 Å². The van der Waals surface area contributed by atoms with Crippen LogP contribution in [0.2, 0.25) is 0 Å². The molecule has 0 saturated carbocycles. The molecule has 0 fully saturated rings. The highest BCUT2D eigenvalue weighted by molar-refractivity contribution is 6.06. The molecule has 2 aromatic carbocycles.